The van der Waals surface area contributed by atoms with E-state index in [4.69, 9.17) is 9.05 Å². The Kier molecular flexibility index (Phi) is 6.93. The Hall–Kier alpha value is -1.26. The summed E-state index contributed by atoms with van der Waals surface area (Å²) in [4.78, 5) is 19.7. The lowest BCUT2D eigenvalue weighted by Gasteiger charge is -2.13. The van der Waals surface area contributed by atoms with Crippen molar-refractivity contribution in [2.75, 3.05) is 13.2 Å². The molecule has 0 saturated heterocycles. The van der Waals surface area contributed by atoms with Gasteiger partial charge in [-0.05, 0) is 37.1 Å². The molecule has 0 fully saturated rings. The first-order valence-electron chi connectivity index (χ1n) is 7.48. The van der Waals surface area contributed by atoms with Crippen LogP contribution in [0.4, 0.5) is 0 Å². The Labute approximate surface area is 141 Å². The van der Waals surface area contributed by atoms with Crippen molar-refractivity contribution < 1.29 is 28.0 Å². The molecule has 0 aromatic heterocycles. The maximum absolute atomic E-state index is 12.0. The molecule has 0 spiro atoms. The van der Waals surface area contributed by atoms with Gasteiger partial charge in [0.1, 0.15) is 0 Å². The SMILES string of the molecule is O=P(O)(OCCCCOP(=O)(O)c1ccccc1)c1ccccc1. The third kappa shape index (κ3) is 5.67. The van der Waals surface area contributed by atoms with Gasteiger partial charge >= 0.3 is 15.2 Å². The average Bonchev–Trinajstić information content (AvgIpc) is 2.59. The molecule has 0 aliphatic heterocycles. The molecule has 2 rings (SSSR count). The molecule has 0 heterocycles. The average molecular weight is 370 g/mol. The lowest BCUT2D eigenvalue weighted by molar-refractivity contribution is 0.232. The molecule has 24 heavy (non-hydrogen) atoms. The summed E-state index contributed by atoms with van der Waals surface area (Å²) in [5.74, 6) is 0. The summed E-state index contributed by atoms with van der Waals surface area (Å²) in [6.45, 7) is 0.125. The fourth-order valence-corrected chi connectivity index (χ4v) is 4.11. The Balaban J connectivity index is 1.70. The molecular formula is C16H20O6P2. The first-order valence-corrected chi connectivity index (χ1v) is 10.6. The van der Waals surface area contributed by atoms with Crippen molar-refractivity contribution in [1.82, 2.24) is 0 Å². The van der Waals surface area contributed by atoms with Crippen LogP contribution in [0.2, 0.25) is 0 Å². The summed E-state index contributed by atoms with van der Waals surface area (Å²) in [5, 5.41) is 0.482. The number of hydrogen-bond donors (Lipinski definition) is 2. The Morgan fingerprint density at radius 3 is 1.33 bits per heavy atom. The minimum atomic E-state index is -3.82. The van der Waals surface area contributed by atoms with Crippen molar-refractivity contribution >= 4 is 25.8 Å². The van der Waals surface area contributed by atoms with Gasteiger partial charge in [0.15, 0.2) is 0 Å². The maximum Gasteiger partial charge on any atom is 0.358 e. The zero-order valence-electron chi connectivity index (χ0n) is 13.0. The minimum absolute atomic E-state index is 0.0626. The van der Waals surface area contributed by atoms with E-state index in [-0.39, 0.29) is 23.8 Å². The Morgan fingerprint density at radius 1 is 0.667 bits per heavy atom. The highest BCUT2D eigenvalue weighted by molar-refractivity contribution is 7.61. The highest BCUT2D eigenvalue weighted by Gasteiger charge is 2.23. The summed E-state index contributed by atoms with van der Waals surface area (Å²) < 4.78 is 34.1. The first-order chi connectivity index (χ1) is 11.4. The molecule has 130 valence electrons. The summed E-state index contributed by atoms with van der Waals surface area (Å²) in [6, 6.07) is 16.3. The standard InChI is InChI=1S/C16H20O6P2/c17-23(18,15-9-3-1-4-10-15)21-13-7-8-14-22-24(19,20)16-11-5-2-6-12-16/h1-6,9-12H,7-8,13-14H2,(H,17,18)(H,19,20). The number of rotatable bonds is 9. The van der Waals surface area contributed by atoms with Crippen LogP contribution >= 0.6 is 15.2 Å². The van der Waals surface area contributed by atoms with Crippen LogP contribution in [0.15, 0.2) is 60.7 Å². The topological polar surface area (TPSA) is 93.1 Å². The van der Waals surface area contributed by atoms with Gasteiger partial charge in [0, 0.05) is 0 Å². The van der Waals surface area contributed by atoms with Gasteiger partial charge in [0.2, 0.25) is 0 Å². The van der Waals surface area contributed by atoms with Crippen LogP contribution < -0.4 is 10.6 Å². The Morgan fingerprint density at radius 2 is 1.00 bits per heavy atom. The van der Waals surface area contributed by atoms with E-state index in [1.165, 1.54) is 24.3 Å². The van der Waals surface area contributed by atoms with E-state index in [2.05, 4.69) is 0 Å². The van der Waals surface area contributed by atoms with Crippen molar-refractivity contribution in [1.29, 1.82) is 0 Å². The van der Waals surface area contributed by atoms with Gasteiger partial charge in [-0.1, -0.05) is 36.4 Å². The van der Waals surface area contributed by atoms with E-state index < -0.39 is 15.2 Å². The molecule has 0 aliphatic carbocycles. The van der Waals surface area contributed by atoms with Gasteiger partial charge in [-0.25, -0.2) is 0 Å². The molecule has 6 nitrogen and oxygen atoms in total. The molecule has 8 heteroatoms. The predicted octanol–water partition coefficient (Wildman–Crippen LogP) is 2.82. The lowest BCUT2D eigenvalue weighted by Crippen LogP contribution is -2.09. The highest BCUT2D eigenvalue weighted by Crippen LogP contribution is 2.41. The van der Waals surface area contributed by atoms with Gasteiger partial charge < -0.3 is 18.8 Å². The van der Waals surface area contributed by atoms with Gasteiger partial charge in [0.05, 0.1) is 23.8 Å². The molecule has 0 aliphatic rings. The van der Waals surface area contributed by atoms with Crippen LogP contribution in [0, 0.1) is 0 Å². The zero-order chi connectivity index (χ0) is 17.5. The van der Waals surface area contributed by atoms with Gasteiger partial charge in [0.25, 0.3) is 0 Å². The van der Waals surface area contributed by atoms with Gasteiger partial charge in [-0.3, -0.25) is 9.13 Å². The second kappa shape index (κ2) is 8.72. The molecule has 2 atom stereocenters. The van der Waals surface area contributed by atoms with E-state index in [9.17, 15) is 18.9 Å². The number of unbranched alkanes of at least 4 members (excludes halogenated alkanes) is 1. The summed E-state index contributed by atoms with van der Waals surface area (Å²) >= 11 is 0. The molecule has 2 aromatic rings. The molecule has 2 aromatic carbocycles. The van der Waals surface area contributed by atoms with Crippen molar-refractivity contribution in [3.63, 3.8) is 0 Å². The van der Waals surface area contributed by atoms with Crippen LogP contribution in [0.3, 0.4) is 0 Å². The van der Waals surface area contributed by atoms with E-state index >= 15 is 0 Å². The molecule has 0 bridgehead atoms. The summed E-state index contributed by atoms with van der Waals surface area (Å²) in [7, 11) is -7.64. The predicted molar refractivity (Wildman–Crippen MR) is 92.9 cm³/mol. The molecule has 0 saturated carbocycles. The van der Waals surface area contributed by atoms with Crippen LogP contribution in [0.25, 0.3) is 0 Å². The summed E-state index contributed by atoms with van der Waals surface area (Å²) in [6.07, 6.45) is 0.873. The first kappa shape index (κ1) is 19.1. The van der Waals surface area contributed by atoms with Crippen molar-refractivity contribution in [2.45, 2.75) is 12.8 Å². The largest absolute Gasteiger partial charge is 0.358 e. The van der Waals surface area contributed by atoms with Crippen LogP contribution in [-0.2, 0) is 18.2 Å². The zero-order valence-corrected chi connectivity index (χ0v) is 14.8. The van der Waals surface area contributed by atoms with Gasteiger partial charge in [-0.15, -0.1) is 0 Å². The number of hydrogen-bond acceptors (Lipinski definition) is 4. The van der Waals surface area contributed by atoms with E-state index in [0.717, 1.165) is 0 Å². The highest BCUT2D eigenvalue weighted by atomic mass is 31.2. The fourth-order valence-electron chi connectivity index (χ4n) is 1.96. The second-order valence-corrected chi connectivity index (χ2v) is 8.72. The lowest BCUT2D eigenvalue weighted by atomic mass is 10.3. The molecule has 2 unspecified atom stereocenters. The minimum Gasteiger partial charge on any atom is -0.321 e. The number of benzene rings is 2. The van der Waals surface area contributed by atoms with Crippen LogP contribution in [-0.4, -0.2) is 23.0 Å². The molecular weight excluding hydrogens is 350 g/mol. The smallest absolute Gasteiger partial charge is 0.321 e. The van der Waals surface area contributed by atoms with Crippen molar-refractivity contribution in [3.8, 4) is 0 Å². The normalized spacial score (nSPS) is 16.2. The van der Waals surface area contributed by atoms with Crippen molar-refractivity contribution in [3.05, 3.63) is 60.7 Å². The second-order valence-electron chi connectivity index (χ2n) is 5.09. The maximum atomic E-state index is 12.0. The van der Waals surface area contributed by atoms with E-state index in [1.807, 2.05) is 0 Å². The van der Waals surface area contributed by atoms with Crippen LogP contribution in [0.1, 0.15) is 12.8 Å². The monoisotopic (exact) mass is 370 g/mol. The Bertz CT molecular complexity index is 656. The molecule has 2 N–H and O–H groups in total. The van der Waals surface area contributed by atoms with E-state index in [1.54, 1.807) is 36.4 Å². The van der Waals surface area contributed by atoms with Gasteiger partial charge in [-0.2, -0.15) is 0 Å². The third-order valence-corrected chi connectivity index (χ3v) is 6.20. The van der Waals surface area contributed by atoms with Crippen molar-refractivity contribution in [2.24, 2.45) is 0 Å². The third-order valence-electron chi connectivity index (χ3n) is 3.24. The fraction of sp³-hybridized carbons (Fsp3) is 0.250. The quantitative estimate of drug-likeness (QED) is 0.521. The van der Waals surface area contributed by atoms with E-state index in [0.29, 0.717) is 12.8 Å². The van der Waals surface area contributed by atoms with Crippen LogP contribution in [0.5, 0.6) is 0 Å². The molecule has 0 amide bonds. The summed E-state index contributed by atoms with van der Waals surface area (Å²) in [5.41, 5.74) is 0. The molecule has 0 radical (unpaired) electrons.